The zero-order valence-corrected chi connectivity index (χ0v) is 13.2. The summed E-state index contributed by atoms with van der Waals surface area (Å²) in [6.07, 6.45) is 1.82. The second-order valence-electron chi connectivity index (χ2n) is 5.40. The van der Waals surface area contributed by atoms with Gasteiger partial charge in [-0.05, 0) is 30.5 Å². The average Bonchev–Trinajstić information content (AvgIpc) is 2.96. The van der Waals surface area contributed by atoms with Crippen LogP contribution in [-0.4, -0.2) is 22.1 Å². The summed E-state index contributed by atoms with van der Waals surface area (Å²) in [6, 6.07) is 8.50. The minimum atomic E-state index is 0.280. The van der Waals surface area contributed by atoms with Crippen molar-refractivity contribution in [1.82, 2.24) is 20.3 Å². The fourth-order valence-electron chi connectivity index (χ4n) is 2.33. The zero-order chi connectivity index (χ0) is 15.2. The average molecular weight is 288 g/mol. The predicted molar refractivity (Wildman–Crippen MR) is 83.1 cm³/mol. The maximum Gasteiger partial charge on any atom is 0.118 e. The maximum absolute atomic E-state index is 5.21. The fourth-order valence-corrected chi connectivity index (χ4v) is 2.33. The van der Waals surface area contributed by atoms with Crippen molar-refractivity contribution in [3.63, 3.8) is 0 Å². The van der Waals surface area contributed by atoms with Crippen molar-refractivity contribution in [3.8, 4) is 5.75 Å². The van der Waals surface area contributed by atoms with Crippen LogP contribution in [0.4, 0.5) is 0 Å². The summed E-state index contributed by atoms with van der Waals surface area (Å²) in [5.41, 5.74) is 2.23. The lowest BCUT2D eigenvalue weighted by Crippen LogP contribution is -2.25. The molecule has 21 heavy (non-hydrogen) atoms. The lowest BCUT2D eigenvalue weighted by molar-refractivity contribution is 0.402. The minimum absolute atomic E-state index is 0.280. The van der Waals surface area contributed by atoms with Crippen LogP contribution in [-0.2, 0) is 13.1 Å². The van der Waals surface area contributed by atoms with Gasteiger partial charge in [0, 0.05) is 12.6 Å². The smallest absolute Gasteiger partial charge is 0.118 e. The third-order valence-corrected chi connectivity index (χ3v) is 3.51. The van der Waals surface area contributed by atoms with Crippen molar-refractivity contribution in [3.05, 3.63) is 41.7 Å². The Labute approximate surface area is 126 Å². The molecule has 0 saturated heterocycles. The van der Waals surface area contributed by atoms with Crippen LogP contribution in [0.3, 0.4) is 0 Å². The monoisotopic (exact) mass is 288 g/mol. The Kier molecular flexibility index (Phi) is 5.33. The molecule has 0 aliphatic heterocycles. The number of hydrogen-bond acceptors (Lipinski definition) is 4. The van der Waals surface area contributed by atoms with Gasteiger partial charge in [-0.2, -0.15) is 15.0 Å². The highest BCUT2D eigenvalue weighted by molar-refractivity contribution is 5.29. The number of ether oxygens (including phenoxy) is 1. The molecule has 1 atom stereocenters. The van der Waals surface area contributed by atoms with E-state index in [1.165, 1.54) is 5.56 Å². The minimum Gasteiger partial charge on any atom is -0.497 e. The normalized spacial score (nSPS) is 12.6. The highest BCUT2D eigenvalue weighted by Gasteiger charge is 2.16. The summed E-state index contributed by atoms with van der Waals surface area (Å²) in [5.74, 6) is 1.37. The van der Waals surface area contributed by atoms with Gasteiger partial charge >= 0.3 is 0 Å². The topological polar surface area (TPSA) is 52.0 Å². The largest absolute Gasteiger partial charge is 0.497 e. The first-order valence-electron chi connectivity index (χ1n) is 7.40. The lowest BCUT2D eigenvalue weighted by atomic mass is 9.96. The van der Waals surface area contributed by atoms with Gasteiger partial charge in [0.1, 0.15) is 5.75 Å². The van der Waals surface area contributed by atoms with Gasteiger partial charge in [-0.15, -0.1) is 0 Å². The number of methoxy groups -OCH3 is 1. The van der Waals surface area contributed by atoms with E-state index in [-0.39, 0.29) is 6.04 Å². The molecule has 1 heterocycles. The van der Waals surface area contributed by atoms with E-state index in [0.29, 0.717) is 5.92 Å². The molecule has 0 aliphatic rings. The van der Waals surface area contributed by atoms with E-state index in [4.69, 9.17) is 4.74 Å². The van der Waals surface area contributed by atoms with Crippen LogP contribution < -0.4 is 10.1 Å². The van der Waals surface area contributed by atoms with Crippen molar-refractivity contribution >= 4 is 0 Å². The maximum atomic E-state index is 5.21. The highest BCUT2D eigenvalue weighted by atomic mass is 16.5. The van der Waals surface area contributed by atoms with Crippen molar-refractivity contribution in [2.24, 2.45) is 5.92 Å². The molecule has 0 radical (unpaired) electrons. The van der Waals surface area contributed by atoms with E-state index in [1.54, 1.807) is 11.9 Å². The Morgan fingerprint density at radius 1 is 1.24 bits per heavy atom. The third-order valence-electron chi connectivity index (χ3n) is 3.51. The number of rotatable bonds is 7. The van der Waals surface area contributed by atoms with Gasteiger partial charge in [-0.3, -0.25) is 0 Å². The first-order valence-corrected chi connectivity index (χ1v) is 7.40. The van der Waals surface area contributed by atoms with E-state index in [0.717, 1.165) is 24.5 Å². The van der Waals surface area contributed by atoms with Gasteiger partial charge in [-0.1, -0.05) is 26.0 Å². The summed E-state index contributed by atoms with van der Waals surface area (Å²) in [5, 5.41) is 12.2. The van der Waals surface area contributed by atoms with Crippen LogP contribution in [0, 0.1) is 5.92 Å². The summed E-state index contributed by atoms with van der Waals surface area (Å²) < 4.78 is 5.21. The van der Waals surface area contributed by atoms with E-state index < -0.39 is 0 Å². The number of nitrogens with zero attached hydrogens (tertiary/aromatic N) is 3. The molecule has 0 bridgehead atoms. The van der Waals surface area contributed by atoms with E-state index >= 15 is 0 Å². The highest BCUT2D eigenvalue weighted by Crippen LogP contribution is 2.24. The van der Waals surface area contributed by atoms with Crippen molar-refractivity contribution < 1.29 is 4.74 Å². The molecule has 5 heteroatoms. The molecule has 0 unspecified atom stereocenters. The van der Waals surface area contributed by atoms with Gasteiger partial charge in [-0.25, -0.2) is 0 Å². The number of benzene rings is 1. The molecule has 0 fully saturated rings. The Morgan fingerprint density at radius 2 is 1.95 bits per heavy atom. The molecular weight excluding hydrogens is 264 g/mol. The molecule has 1 N–H and O–H groups in total. The Bertz CT molecular complexity index is 548. The Balaban J connectivity index is 2.04. The molecule has 0 saturated carbocycles. The number of nitrogens with one attached hydrogen (secondary N) is 1. The van der Waals surface area contributed by atoms with Gasteiger partial charge in [0.05, 0.1) is 25.5 Å². The van der Waals surface area contributed by atoms with Crippen molar-refractivity contribution in [1.29, 1.82) is 0 Å². The van der Waals surface area contributed by atoms with Crippen LogP contribution in [0.1, 0.15) is 38.1 Å². The van der Waals surface area contributed by atoms with Crippen LogP contribution in [0.15, 0.2) is 30.5 Å². The van der Waals surface area contributed by atoms with Gasteiger partial charge in [0.25, 0.3) is 0 Å². The molecular formula is C16H24N4O. The Morgan fingerprint density at radius 3 is 2.48 bits per heavy atom. The Hall–Kier alpha value is -1.88. The molecule has 0 aliphatic carbocycles. The first-order chi connectivity index (χ1) is 10.1. The van der Waals surface area contributed by atoms with Crippen LogP contribution in [0.25, 0.3) is 0 Å². The van der Waals surface area contributed by atoms with E-state index in [9.17, 15) is 0 Å². The summed E-state index contributed by atoms with van der Waals surface area (Å²) in [4.78, 5) is 1.70. The molecule has 0 spiro atoms. The summed E-state index contributed by atoms with van der Waals surface area (Å²) in [6.45, 7) is 7.97. The third kappa shape index (κ3) is 4.04. The van der Waals surface area contributed by atoms with Crippen LogP contribution >= 0.6 is 0 Å². The summed E-state index contributed by atoms with van der Waals surface area (Å²) >= 11 is 0. The molecule has 5 nitrogen and oxygen atoms in total. The summed E-state index contributed by atoms with van der Waals surface area (Å²) in [7, 11) is 1.68. The van der Waals surface area contributed by atoms with Crippen molar-refractivity contribution in [2.75, 3.05) is 7.11 Å². The van der Waals surface area contributed by atoms with Gasteiger partial charge < -0.3 is 10.1 Å². The molecule has 1 aromatic heterocycles. The number of hydrogen-bond donors (Lipinski definition) is 1. The number of aryl methyl sites for hydroxylation is 1. The predicted octanol–water partition coefficient (Wildman–Crippen LogP) is 2.79. The molecule has 114 valence electrons. The van der Waals surface area contributed by atoms with Crippen molar-refractivity contribution in [2.45, 2.75) is 39.9 Å². The van der Waals surface area contributed by atoms with Crippen LogP contribution in [0.2, 0.25) is 0 Å². The number of aromatic nitrogens is 3. The second kappa shape index (κ2) is 7.22. The fraction of sp³-hybridized carbons (Fsp3) is 0.500. The van der Waals surface area contributed by atoms with Gasteiger partial charge in [0.15, 0.2) is 0 Å². The lowest BCUT2D eigenvalue weighted by Gasteiger charge is -2.22. The van der Waals surface area contributed by atoms with Crippen LogP contribution in [0.5, 0.6) is 5.75 Å². The molecule has 2 rings (SSSR count). The molecule has 0 amide bonds. The second-order valence-corrected chi connectivity index (χ2v) is 5.40. The zero-order valence-electron chi connectivity index (χ0n) is 13.2. The van der Waals surface area contributed by atoms with E-state index in [2.05, 4.69) is 41.5 Å². The first kappa shape index (κ1) is 15.5. The quantitative estimate of drug-likeness (QED) is 0.851. The molecule has 1 aromatic carbocycles. The SMILES string of the molecule is CCn1ncc(CN[C@@H](c2ccc(OC)cc2)C(C)C)n1. The van der Waals surface area contributed by atoms with Gasteiger partial charge in [0.2, 0.25) is 0 Å². The molecule has 2 aromatic rings. The van der Waals surface area contributed by atoms with E-state index in [1.807, 2.05) is 25.3 Å². The standard InChI is InChI=1S/C16H24N4O/c1-5-20-18-11-14(19-20)10-17-16(12(2)3)13-6-8-15(21-4)9-7-13/h6-9,11-12,16-17H,5,10H2,1-4H3/t16-/m1/s1.